The number of rotatable bonds is 7. The number of likely N-dealkylation sites (N-methyl/N-ethyl adjacent to an activating group) is 1. The molecule has 1 aliphatic carbocycles. The van der Waals surface area contributed by atoms with Crippen molar-refractivity contribution in [3.63, 3.8) is 0 Å². The van der Waals surface area contributed by atoms with Gasteiger partial charge in [-0.05, 0) is 59.7 Å². The van der Waals surface area contributed by atoms with Gasteiger partial charge >= 0.3 is 0 Å². The molecule has 0 radical (unpaired) electrons. The number of carbonyl (C=O) groups is 1. The molecular formula is C32H36N4O. The highest BCUT2D eigenvalue weighted by Crippen LogP contribution is 2.26. The van der Waals surface area contributed by atoms with E-state index in [1.807, 2.05) is 6.07 Å². The van der Waals surface area contributed by atoms with Crippen LogP contribution in [0.25, 0.3) is 11.1 Å². The van der Waals surface area contributed by atoms with Crippen molar-refractivity contribution >= 4 is 5.91 Å². The number of amides is 1. The molecule has 1 N–H and O–H groups in total. The van der Waals surface area contributed by atoms with E-state index in [9.17, 15) is 10.1 Å². The fourth-order valence-corrected chi connectivity index (χ4v) is 5.48. The van der Waals surface area contributed by atoms with Crippen LogP contribution in [0.5, 0.6) is 0 Å². The van der Waals surface area contributed by atoms with Gasteiger partial charge in [0.1, 0.15) is 6.04 Å². The fraction of sp³-hybridized carbons (Fsp3) is 0.375. The summed E-state index contributed by atoms with van der Waals surface area (Å²) in [5.41, 5.74) is 7.35. The number of aryl methyl sites for hydroxylation is 1. The Bertz CT molecular complexity index is 1240. The highest BCUT2D eigenvalue weighted by molar-refractivity contribution is 5.80. The lowest BCUT2D eigenvalue weighted by Crippen LogP contribution is -2.43. The summed E-state index contributed by atoms with van der Waals surface area (Å²) in [4.78, 5) is 17.8. The molecule has 1 fully saturated rings. The zero-order chi connectivity index (χ0) is 25.6. The number of carbonyl (C=O) groups excluding carboxylic acids is 1. The molecule has 0 bridgehead atoms. The lowest BCUT2D eigenvalue weighted by molar-refractivity contribution is -0.125. The number of hydrogen-bond acceptors (Lipinski definition) is 4. The third-order valence-electron chi connectivity index (χ3n) is 7.87. The Labute approximate surface area is 220 Å². The Balaban J connectivity index is 1.14. The molecule has 1 unspecified atom stereocenters. The molecule has 1 heterocycles. The van der Waals surface area contributed by atoms with Crippen LogP contribution in [0.2, 0.25) is 0 Å². The van der Waals surface area contributed by atoms with Crippen LogP contribution in [0.4, 0.5) is 0 Å². The molecule has 0 aromatic heterocycles. The Kier molecular flexibility index (Phi) is 7.99. The van der Waals surface area contributed by atoms with Gasteiger partial charge in [0.25, 0.3) is 0 Å². The molecule has 1 saturated heterocycles. The van der Waals surface area contributed by atoms with Gasteiger partial charge in [-0.25, -0.2) is 0 Å². The fourth-order valence-electron chi connectivity index (χ4n) is 5.48. The monoisotopic (exact) mass is 492 g/mol. The van der Waals surface area contributed by atoms with Crippen molar-refractivity contribution in [1.29, 1.82) is 5.26 Å². The second-order valence-electron chi connectivity index (χ2n) is 10.6. The van der Waals surface area contributed by atoms with Gasteiger partial charge in [0.2, 0.25) is 5.91 Å². The molecule has 3 aromatic carbocycles. The lowest BCUT2D eigenvalue weighted by Gasteiger charge is -2.32. The Morgan fingerprint density at radius 2 is 1.54 bits per heavy atom. The minimum absolute atomic E-state index is 0.00524. The van der Waals surface area contributed by atoms with E-state index < -0.39 is 6.04 Å². The number of nitrogens with zero attached hydrogens (tertiary/aromatic N) is 3. The second-order valence-corrected chi connectivity index (χ2v) is 10.6. The van der Waals surface area contributed by atoms with Gasteiger partial charge in [-0.15, -0.1) is 0 Å². The Morgan fingerprint density at radius 3 is 2.19 bits per heavy atom. The smallest absolute Gasteiger partial charge is 0.224 e. The molecule has 5 rings (SSSR count). The van der Waals surface area contributed by atoms with Crippen molar-refractivity contribution < 1.29 is 4.79 Å². The standard InChI is InChI=1S/C32H36N4O/c1-35-16-18-36(19-17-35)23-25-8-12-28(13-9-25)27-10-6-24(7-11-27)20-31(22-33)34-32(37)30-15-14-26-4-2-3-5-29(26)21-30/h2-13,30-31H,14-21,23H2,1H3,(H,34,37)/t30?,31-/m0/s1. The Morgan fingerprint density at radius 1 is 0.919 bits per heavy atom. The molecule has 0 spiro atoms. The normalized spacial score (nSPS) is 19.0. The van der Waals surface area contributed by atoms with Crippen LogP contribution in [0, 0.1) is 17.2 Å². The highest BCUT2D eigenvalue weighted by Gasteiger charge is 2.26. The molecule has 37 heavy (non-hydrogen) atoms. The zero-order valence-electron chi connectivity index (χ0n) is 21.7. The second kappa shape index (κ2) is 11.7. The van der Waals surface area contributed by atoms with E-state index >= 15 is 0 Å². The summed E-state index contributed by atoms with van der Waals surface area (Å²) in [6.07, 6.45) is 3.02. The molecule has 2 atom stereocenters. The minimum atomic E-state index is -0.524. The number of hydrogen-bond donors (Lipinski definition) is 1. The van der Waals surface area contributed by atoms with E-state index in [0.29, 0.717) is 6.42 Å². The van der Waals surface area contributed by atoms with Gasteiger partial charge < -0.3 is 10.2 Å². The maximum absolute atomic E-state index is 12.9. The number of fused-ring (bicyclic) bond motifs is 1. The van der Waals surface area contributed by atoms with Crippen molar-refractivity contribution in [2.45, 2.75) is 38.3 Å². The van der Waals surface area contributed by atoms with Crippen LogP contribution in [-0.2, 0) is 30.6 Å². The summed E-state index contributed by atoms with van der Waals surface area (Å²) in [5.74, 6) is -0.0679. The maximum atomic E-state index is 12.9. The molecule has 5 heteroatoms. The zero-order valence-corrected chi connectivity index (χ0v) is 21.7. The minimum Gasteiger partial charge on any atom is -0.340 e. The quantitative estimate of drug-likeness (QED) is 0.529. The highest BCUT2D eigenvalue weighted by atomic mass is 16.1. The first-order valence-corrected chi connectivity index (χ1v) is 13.4. The first kappa shape index (κ1) is 25.2. The average molecular weight is 493 g/mol. The third-order valence-corrected chi connectivity index (χ3v) is 7.87. The molecule has 3 aromatic rings. The van der Waals surface area contributed by atoms with Crippen molar-refractivity contribution in [2.75, 3.05) is 33.2 Å². The van der Waals surface area contributed by atoms with Crippen LogP contribution >= 0.6 is 0 Å². The summed E-state index contributed by atoms with van der Waals surface area (Å²) >= 11 is 0. The van der Waals surface area contributed by atoms with E-state index in [2.05, 4.69) is 95.0 Å². The van der Waals surface area contributed by atoms with Crippen LogP contribution in [-0.4, -0.2) is 55.0 Å². The van der Waals surface area contributed by atoms with Gasteiger partial charge in [-0.3, -0.25) is 9.69 Å². The van der Waals surface area contributed by atoms with Crippen molar-refractivity contribution in [3.8, 4) is 17.2 Å². The van der Waals surface area contributed by atoms with Gasteiger partial charge in [-0.1, -0.05) is 72.8 Å². The van der Waals surface area contributed by atoms with Crippen LogP contribution in [0.3, 0.4) is 0 Å². The summed E-state index contributed by atoms with van der Waals surface area (Å²) in [6.45, 7) is 5.52. The third kappa shape index (κ3) is 6.46. The number of nitriles is 1. The van der Waals surface area contributed by atoms with E-state index in [0.717, 1.165) is 63.1 Å². The first-order chi connectivity index (χ1) is 18.1. The lowest BCUT2D eigenvalue weighted by atomic mass is 9.83. The van der Waals surface area contributed by atoms with Crippen molar-refractivity contribution in [1.82, 2.24) is 15.1 Å². The van der Waals surface area contributed by atoms with Gasteiger partial charge in [0.05, 0.1) is 6.07 Å². The average Bonchev–Trinajstić information content (AvgIpc) is 2.94. The Hall–Kier alpha value is -3.46. The molecule has 1 aliphatic heterocycles. The summed E-state index contributed by atoms with van der Waals surface area (Å²) in [6, 6.07) is 27.3. The van der Waals surface area contributed by atoms with E-state index in [-0.39, 0.29) is 11.8 Å². The molecule has 1 amide bonds. The largest absolute Gasteiger partial charge is 0.340 e. The van der Waals surface area contributed by atoms with E-state index in [1.54, 1.807) is 0 Å². The number of nitrogens with one attached hydrogen (secondary N) is 1. The van der Waals surface area contributed by atoms with Crippen LogP contribution in [0.1, 0.15) is 28.7 Å². The topological polar surface area (TPSA) is 59.4 Å². The summed E-state index contributed by atoms with van der Waals surface area (Å²) < 4.78 is 0. The SMILES string of the molecule is CN1CCN(Cc2ccc(-c3ccc(C[C@@H](C#N)NC(=O)C4CCc5ccccc5C4)cc3)cc2)CC1. The van der Waals surface area contributed by atoms with Crippen LogP contribution < -0.4 is 5.32 Å². The predicted octanol–water partition coefficient (Wildman–Crippen LogP) is 4.46. The van der Waals surface area contributed by atoms with Crippen molar-refractivity contribution in [3.05, 3.63) is 95.1 Å². The van der Waals surface area contributed by atoms with E-state index in [4.69, 9.17) is 0 Å². The van der Waals surface area contributed by atoms with Gasteiger partial charge in [0.15, 0.2) is 0 Å². The molecule has 0 saturated carbocycles. The first-order valence-electron chi connectivity index (χ1n) is 13.4. The summed E-state index contributed by atoms with van der Waals surface area (Å²) in [5, 5.41) is 12.7. The number of piperazine rings is 1. The predicted molar refractivity (Wildman–Crippen MR) is 148 cm³/mol. The molecular weight excluding hydrogens is 456 g/mol. The van der Waals surface area contributed by atoms with Gasteiger partial charge in [0, 0.05) is 45.1 Å². The molecule has 190 valence electrons. The number of benzene rings is 3. The van der Waals surface area contributed by atoms with Crippen molar-refractivity contribution in [2.24, 2.45) is 5.92 Å². The van der Waals surface area contributed by atoms with E-state index in [1.165, 1.54) is 22.3 Å². The summed E-state index contributed by atoms with van der Waals surface area (Å²) in [7, 11) is 2.19. The molecule has 5 nitrogen and oxygen atoms in total. The maximum Gasteiger partial charge on any atom is 0.224 e. The van der Waals surface area contributed by atoms with Crippen LogP contribution in [0.15, 0.2) is 72.8 Å². The van der Waals surface area contributed by atoms with Gasteiger partial charge in [-0.2, -0.15) is 5.26 Å². The molecule has 2 aliphatic rings.